The summed E-state index contributed by atoms with van der Waals surface area (Å²) in [7, 11) is 1.84. The third-order valence-corrected chi connectivity index (χ3v) is 3.53. The van der Waals surface area contributed by atoms with Gasteiger partial charge in [-0.3, -0.25) is 14.8 Å². The Morgan fingerprint density at radius 2 is 2.10 bits per heavy atom. The van der Waals surface area contributed by atoms with Crippen molar-refractivity contribution in [1.29, 1.82) is 0 Å². The van der Waals surface area contributed by atoms with Crippen molar-refractivity contribution in [2.45, 2.75) is 26.8 Å². The molecule has 0 aliphatic rings. The van der Waals surface area contributed by atoms with Crippen LogP contribution in [0, 0.1) is 29.8 Å². The molecule has 1 atom stereocenters. The Morgan fingerprint density at radius 1 is 1.43 bits per heavy atom. The SMILES string of the molecule is Cc1nn(C)c(C)c1C(C)Nc1cc([N+](=O)[O-])ccc1F. The number of hydrogen-bond acceptors (Lipinski definition) is 4. The average Bonchev–Trinajstić information content (AvgIpc) is 2.65. The molecule has 1 unspecified atom stereocenters. The number of nitro groups is 1. The molecule has 1 heterocycles. The van der Waals surface area contributed by atoms with E-state index in [4.69, 9.17) is 0 Å². The molecule has 0 aliphatic carbocycles. The lowest BCUT2D eigenvalue weighted by Crippen LogP contribution is -2.10. The first-order chi connectivity index (χ1) is 9.81. The van der Waals surface area contributed by atoms with Crippen LogP contribution in [0.4, 0.5) is 15.8 Å². The van der Waals surface area contributed by atoms with Crippen LogP contribution in [0.5, 0.6) is 0 Å². The topological polar surface area (TPSA) is 73.0 Å². The van der Waals surface area contributed by atoms with Crippen LogP contribution in [0.2, 0.25) is 0 Å². The molecule has 0 aliphatic heterocycles. The number of hydrogen-bond donors (Lipinski definition) is 1. The lowest BCUT2D eigenvalue weighted by atomic mass is 10.1. The van der Waals surface area contributed by atoms with Gasteiger partial charge < -0.3 is 5.32 Å². The third-order valence-electron chi connectivity index (χ3n) is 3.53. The quantitative estimate of drug-likeness (QED) is 0.693. The van der Waals surface area contributed by atoms with Crippen molar-refractivity contribution < 1.29 is 9.31 Å². The van der Waals surface area contributed by atoms with E-state index >= 15 is 0 Å². The molecule has 2 aromatic rings. The van der Waals surface area contributed by atoms with Crippen molar-refractivity contribution in [3.8, 4) is 0 Å². The number of nitrogens with one attached hydrogen (secondary N) is 1. The van der Waals surface area contributed by atoms with Crippen LogP contribution in [-0.4, -0.2) is 14.7 Å². The molecule has 0 fully saturated rings. The minimum absolute atomic E-state index is 0.111. The summed E-state index contributed by atoms with van der Waals surface area (Å²) in [5.74, 6) is -0.522. The molecule has 0 radical (unpaired) electrons. The van der Waals surface area contributed by atoms with Gasteiger partial charge in [-0.15, -0.1) is 0 Å². The molecule has 1 aromatic heterocycles. The van der Waals surface area contributed by atoms with Crippen LogP contribution in [0.3, 0.4) is 0 Å². The van der Waals surface area contributed by atoms with Gasteiger partial charge in [-0.05, 0) is 26.8 Å². The maximum absolute atomic E-state index is 13.8. The highest BCUT2D eigenvalue weighted by molar-refractivity contribution is 5.54. The fourth-order valence-electron chi connectivity index (χ4n) is 2.46. The second-order valence-electron chi connectivity index (χ2n) is 5.00. The lowest BCUT2D eigenvalue weighted by Gasteiger charge is -2.16. The first kappa shape index (κ1) is 15.0. The Bertz CT molecular complexity index is 697. The highest BCUT2D eigenvalue weighted by Gasteiger charge is 2.18. The van der Waals surface area contributed by atoms with Gasteiger partial charge >= 0.3 is 0 Å². The third kappa shape index (κ3) is 2.86. The van der Waals surface area contributed by atoms with E-state index in [0.717, 1.165) is 29.1 Å². The summed E-state index contributed by atoms with van der Waals surface area (Å²) in [5.41, 5.74) is 2.74. The van der Waals surface area contributed by atoms with Crippen LogP contribution < -0.4 is 5.32 Å². The molecule has 7 heteroatoms. The number of anilines is 1. The molecule has 2 rings (SSSR count). The van der Waals surface area contributed by atoms with Crippen molar-refractivity contribution in [3.05, 3.63) is 51.1 Å². The van der Waals surface area contributed by atoms with Crippen LogP contribution >= 0.6 is 0 Å². The van der Waals surface area contributed by atoms with Crippen molar-refractivity contribution in [3.63, 3.8) is 0 Å². The first-order valence-electron chi connectivity index (χ1n) is 6.51. The molecular weight excluding hydrogens is 275 g/mol. The van der Waals surface area contributed by atoms with Crippen LogP contribution in [0.15, 0.2) is 18.2 Å². The van der Waals surface area contributed by atoms with Gasteiger partial charge in [0.15, 0.2) is 0 Å². The van der Waals surface area contributed by atoms with Crippen LogP contribution in [-0.2, 0) is 7.05 Å². The minimum Gasteiger partial charge on any atom is -0.376 e. The van der Waals surface area contributed by atoms with Gasteiger partial charge in [-0.25, -0.2) is 4.39 Å². The Hall–Kier alpha value is -2.44. The average molecular weight is 292 g/mol. The second kappa shape index (κ2) is 5.51. The largest absolute Gasteiger partial charge is 0.376 e. The second-order valence-corrected chi connectivity index (χ2v) is 5.00. The van der Waals surface area contributed by atoms with E-state index in [1.165, 1.54) is 6.07 Å². The summed E-state index contributed by atoms with van der Waals surface area (Å²) in [4.78, 5) is 10.2. The molecule has 0 bridgehead atoms. The first-order valence-corrected chi connectivity index (χ1v) is 6.51. The van der Waals surface area contributed by atoms with E-state index < -0.39 is 10.7 Å². The highest BCUT2D eigenvalue weighted by Crippen LogP contribution is 2.28. The predicted molar refractivity (Wildman–Crippen MR) is 77.8 cm³/mol. The zero-order valence-electron chi connectivity index (χ0n) is 12.3. The summed E-state index contributed by atoms with van der Waals surface area (Å²) < 4.78 is 15.6. The van der Waals surface area contributed by atoms with E-state index in [1.54, 1.807) is 4.68 Å². The predicted octanol–water partition coefficient (Wildman–Crippen LogP) is 3.26. The van der Waals surface area contributed by atoms with Crippen molar-refractivity contribution >= 4 is 11.4 Å². The number of nitro benzene ring substituents is 1. The Kier molecular flexibility index (Phi) is 3.93. The normalized spacial score (nSPS) is 12.2. The van der Waals surface area contributed by atoms with Gasteiger partial charge in [-0.1, -0.05) is 0 Å². The summed E-state index contributed by atoms with van der Waals surface area (Å²) in [5, 5.41) is 18.1. The van der Waals surface area contributed by atoms with Gasteiger partial charge in [0, 0.05) is 30.4 Å². The maximum Gasteiger partial charge on any atom is 0.271 e. The number of rotatable bonds is 4. The van der Waals surface area contributed by atoms with Gasteiger partial charge in [0.05, 0.1) is 22.3 Å². The van der Waals surface area contributed by atoms with Crippen molar-refractivity contribution in [2.24, 2.45) is 7.05 Å². The monoisotopic (exact) mass is 292 g/mol. The number of benzene rings is 1. The van der Waals surface area contributed by atoms with E-state index in [9.17, 15) is 14.5 Å². The summed E-state index contributed by atoms with van der Waals surface area (Å²) in [6.45, 7) is 5.68. The van der Waals surface area contributed by atoms with E-state index in [0.29, 0.717) is 0 Å². The molecule has 1 N–H and O–H groups in total. The van der Waals surface area contributed by atoms with Gasteiger partial charge in [0.2, 0.25) is 0 Å². The van der Waals surface area contributed by atoms with Crippen LogP contribution in [0.1, 0.15) is 29.9 Å². The lowest BCUT2D eigenvalue weighted by molar-refractivity contribution is -0.384. The molecule has 112 valence electrons. The van der Waals surface area contributed by atoms with Gasteiger partial charge in [0.25, 0.3) is 5.69 Å². The number of halogens is 1. The van der Waals surface area contributed by atoms with Gasteiger partial charge in [-0.2, -0.15) is 5.10 Å². The molecule has 0 amide bonds. The summed E-state index contributed by atoms with van der Waals surface area (Å²) in [6.07, 6.45) is 0. The fraction of sp³-hybridized carbons (Fsp3) is 0.357. The number of aryl methyl sites for hydroxylation is 2. The molecule has 1 aromatic carbocycles. The van der Waals surface area contributed by atoms with E-state index in [1.807, 2.05) is 27.8 Å². The molecule has 0 spiro atoms. The van der Waals surface area contributed by atoms with Gasteiger partial charge in [0.1, 0.15) is 5.82 Å². The standard InChI is InChI=1S/C14H17FN4O2/c1-8(14-9(2)17-18(4)10(14)3)16-13-7-11(19(20)21)5-6-12(13)15/h5-8,16H,1-4H3. The Labute approximate surface area is 121 Å². The van der Waals surface area contributed by atoms with Crippen molar-refractivity contribution in [1.82, 2.24) is 9.78 Å². The van der Waals surface area contributed by atoms with Crippen LogP contribution in [0.25, 0.3) is 0 Å². The fourth-order valence-corrected chi connectivity index (χ4v) is 2.46. The molecule has 21 heavy (non-hydrogen) atoms. The molecule has 6 nitrogen and oxygen atoms in total. The Morgan fingerprint density at radius 3 is 2.62 bits per heavy atom. The number of aromatic nitrogens is 2. The maximum atomic E-state index is 13.8. The summed E-state index contributed by atoms with van der Waals surface area (Å²) in [6, 6.07) is 3.23. The minimum atomic E-state index is -0.546. The molecule has 0 saturated heterocycles. The smallest absolute Gasteiger partial charge is 0.271 e. The molecular formula is C14H17FN4O2. The Balaban J connectivity index is 2.33. The zero-order chi connectivity index (χ0) is 15.7. The summed E-state index contributed by atoms with van der Waals surface area (Å²) >= 11 is 0. The number of non-ortho nitro benzene ring substituents is 1. The highest BCUT2D eigenvalue weighted by atomic mass is 19.1. The zero-order valence-corrected chi connectivity index (χ0v) is 12.3. The van der Waals surface area contributed by atoms with Crippen molar-refractivity contribution in [2.75, 3.05) is 5.32 Å². The number of nitrogens with zero attached hydrogens (tertiary/aromatic N) is 3. The van der Waals surface area contributed by atoms with E-state index in [2.05, 4.69) is 10.4 Å². The van der Waals surface area contributed by atoms with E-state index in [-0.39, 0.29) is 17.4 Å². The molecule has 0 saturated carbocycles.